The van der Waals surface area contributed by atoms with Crippen molar-refractivity contribution in [1.82, 2.24) is 20.2 Å². The molecule has 0 aliphatic carbocycles. The second-order valence-corrected chi connectivity index (χ2v) is 5.89. The summed E-state index contributed by atoms with van der Waals surface area (Å²) in [6.45, 7) is 4.37. The molecule has 0 aliphatic rings. The number of carbonyl (C=O) groups is 2. The largest absolute Gasteiger partial charge is 0.385 e. The molecule has 7 nitrogen and oxygen atoms in total. The zero-order valence-electron chi connectivity index (χ0n) is 15.4. The third kappa shape index (κ3) is 9.14. The maximum atomic E-state index is 12.6. The minimum atomic E-state index is -0.170. The van der Waals surface area contributed by atoms with Gasteiger partial charge in [0.25, 0.3) is 5.91 Å². The van der Waals surface area contributed by atoms with Crippen LogP contribution in [0.3, 0.4) is 0 Å². The zero-order valence-corrected chi connectivity index (χ0v) is 15.4. The predicted octanol–water partition coefficient (Wildman–Crippen LogP) is 2.04. The van der Waals surface area contributed by atoms with Crippen molar-refractivity contribution >= 4 is 11.8 Å². The first-order valence-corrected chi connectivity index (χ1v) is 9.00. The number of nitrogens with one attached hydrogen (secondary N) is 1. The van der Waals surface area contributed by atoms with Crippen molar-refractivity contribution in [3.8, 4) is 0 Å². The molecule has 0 unspecified atom stereocenters. The molecular formula is C18H30N4O3. The Balaban J connectivity index is 2.50. The number of carbonyl (C=O) groups excluding carboxylic acids is 2. The van der Waals surface area contributed by atoms with E-state index in [1.54, 1.807) is 12.0 Å². The van der Waals surface area contributed by atoms with Gasteiger partial charge in [-0.3, -0.25) is 14.6 Å². The molecule has 140 valence electrons. The van der Waals surface area contributed by atoms with Crippen molar-refractivity contribution in [2.45, 2.75) is 45.4 Å². The number of amides is 2. The molecule has 0 saturated carbocycles. The summed E-state index contributed by atoms with van der Waals surface area (Å²) in [5.74, 6) is -0.224. The second-order valence-electron chi connectivity index (χ2n) is 5.89. The molecule has 1 heterocycles. The Bertz CT molecular complexity index is 496. The number of hydrogen-bond donors (Lipinski definition) is 1. The molecule has 0 spiro atoms. The van der Waals surface area contributed by atoms with Crippen molar-refractivity contribution in [1.29, 1.82) is 0 Å². The van der Waals surface area contributed by atoms with Crippen molar-refractivity contribution in [3.05, 3.63) is 24.3 Å². The van der Waals surface area contributed by atoms with E-state index in [0.29, 0.717) is 31.9 Å². The van der Waals surface area contributed by atoms with Crippen LogP contribution in [0, 0.1) is 0 Å². The lowest BCUT2D eigenvalue weighted by Gasteiger charge is -2.22. The lowest BCUT2D eigenvalue weighted by Crippen LogP contribution is -2.36. The van der Waals surface area contributed by atoms with E-state index >= 15 is 0 Å². The van der Waals surface area contributed by atoms with Gasteiger partial charge in [0, 0.05) is 52.2 Å². The highest BCUT2D eigenvalue weighted by molar-refractivity contribution is 5.92. The zero-order chi connectivity index (χ0) is 18.3. The Kier molecular flexibility index (Phi) is 11.2. The summed E-state index contributed by atoms with van der Waals surface area (Å²) in [7, 11) is 1.64. The van der Waals surface area contributed by atoms with Gasteiger partial charge >= 0.3 is 0 Å². The molecule has 1 aromatic heterocycles. The summed E-state index contributed by atoms with van der Waals surface area (Å²) >= 11 is 0. The van der Waals surface area contributed by atoms with Crippen LogP contribution in [0.15, 0.2) is 18.6 Å². The molecule has 0 bridgehead atoms. The van der Waals surface area contributed by atoms with Crippen LogP contribution in [-0.4, -0.2) is 60.0 Å². The minimum Gasteiger partial charge on any atom is -0.385 e. The predicted molar refractivity (Wildman–Crippen MR) is 96.2 cm³/mol. The van der Waals surface area contributed by atoms with E-state index in [9.17, 15) is 9.59 Å². The van der Waals surface area contributed by atoms with E-state index < -0.39 is 0 Å². The molecular weight excluding hydrogens is 320 g/mol. The Hall–Kier alpha value is -2.02. The van der Waals surface area contributed by atoms with Gasteiger partial charge in [-0.2, -0.15) is 0 Å². The van der Waals surface area contributed by atoms with Crippen molar-refractivity contribution in [2.75, 3.05) is 33.4 Å². The molecule has 1 rings (SSSR count). The molecule has 1 aromatic rings. The fourth-order valence-electron chi connectivity index (χ4n) is 2.39. The molecule has 1 N–H and O–H groups in total. The normalized spacial score (nSPS) is 10.5. The fourth-order valence-corrected chi connectivity index (χ4v) is 2.39. The van der Waals surface area contributed by atoms with Crippen molar-refractivity contribution in [2.24, 2.45) is 0 Å². The first kappa shape index (κ1) is 21.0. The Morgan fingerprint density at radius 3 is 2.68 bits per heavy atom. The highest BCUT2D eigenvalue weighted by Gasteiger charge is 2.17. The number of aromatic nitrogens is 2. The average molecular weight is 350 g/mol. The van der Waals surface area contributed by atoms with Gasteiger partial charge in [-0.05, 0) is 12.8 Å². The van der Waals surface area contributed by atoms with Crippen LogP contribution < -0.4 is 5.32 Å². The first-order valence-electron chi connectivity index (χ1n) is 9.00. The molecule has 0 aliphatic heterocycles. The fraction of sp³-hybridized carbons (Fsp3) is 0.667. The summed E-state index contributed by atoms with van der Waals surface area (Å²) < 4.78 is 4.95. The summed E-state index contributed by atoms with van der Waals surface area (Å²) in [4.78, 5) is 34.2. The Morgan fingerprint density at radius 2 is 2.00 bits per heavy atom. The maximum Gasteiger partial charge on any atom is 0.274 e. The monoisotopic (exact) mass is 350 g/mol. The van der Waals surface area contributed by atoms with Crippen LogP contribution in [0.4, 0.5) is 0 Å². The van der Waals surface area contributed by atoms with Crippen molar-refractivity contribution in [3.63, 3.8) is 0 Å². The van der Waals surface area contributed by atoms with Crippen LogP contribution in [-0.2, 0) is 9.53 Å². The first-order chi connectivity index (χ1) is 12.2. The maximum absolute atomic E-state index is 12.6. The third-order valence-electron chi connectivity index (χ3n) is 3.81. The summed E-state index contributed by atoms with van der Waals surface area (Å²) in [5, 5.41) is 2.84. The summed E-state index contributed by atoms with van der Waals surface area (Å²) in [6, 6.07) is 0. The van der Waals surface area contributed by atoms with E-state index in [4.69, 9.17) is 4.74 Å². The highest BCUT2D eigenvalue weighted by atomic mass is 16.5. The lowest BCUT2D eigenvalue weighted by atomic mass is 10.2. The quantitative estimate of drug-likeness (QED) is 0.550. The van der Waals surface area contributed by atoms with Crippen LogP contribution in [0.1, 0.15) is 55.9 Å². The van der Waals surface area contributed by atoms with Gasteiger partial charge in [0.05, 0.1) is 6.20 Å². The third-order valence-corrected chi connectivity index (χ3v) is 3.81. The summed E-state index contributed by atoms with van der Waals surface area (Å²) in [5.41, 5.74) is 0.318. The Labute approximate surface area is 150 Å². The standard InChI is InChI=1S/C18H30N4O3/c1-3-4-5-6-12-22(18(24)16-15-19-10-11-20-16)13-8-17(23)21-9-7-14-25-2/h10-11,15H,3-9,12-14H2,1-2H3,(H,21,23). The average Bonchev–Trinajstić information content (AvgIpc) is 2.65. The van der Waals surface area contributed by atoms with Gasteiger partial charge in [0.15, 0.2) is 0 Å². The van der Waals surface area contributed by atoms with E-state index in [1.807, 2.05) is 0 Å². The highest BCUT2D eigenvalue weighted by Crippen LogP contribution is 2.06. The van der Waals surface area contributed by atoms with Gasteiger partial charge in [0.2, 0.25) is 5.91 Å². The van der Waals surface area contributed by atoms with Gasteiger partial charge in [0.1, 0.15) is 5.69 Å². The van der Waals surface area contributed by atoms with Gasteiger partial charge in [-0.15, -0.1) is 0 Å². The number of unbranched alkanes of at least 4 members (excludes halogenated alkanes) is 3. The molecule has 0 atom stereocenters. The molecule has 0 radical (unpaired) electrons. The Morgan fingerprint density at radius 1 is 1.16 bits per heavy atom. The SMILES string of the molecule is CCCCCCN(CCC(=O)NCCCOC)C(=O)c1cnccn1. The molecule has 0 aromatic carbocycles. The molecule has 7 heteroatoms. The summed E-state index contributed by atoms with van der Waals surface area (Å²) in [6.07, 6.45) is 9.86. The number of methoxy groups -OCH3 is 1. The topological polar surface area (TPSA) is 84.4 Å². The number of hydrogen-bond acceptors (Lipinski definition) is 5. The van der Waals surface area contributed by atoms with E-state index in [2.05, 4.69) is 22.2 Å². The van der Waals surface area contributed by atoms with E-state index in [0.717, 1.165) is 32.1 Å². The second kappa shape index (κ2) is 13.3. The van der Waals surface area contributed by atoms with Crippen LogP contribution in [0.25, 0.3) is 0 Å². The van der Waals surface area contributed by atoms with E-state index in [1.165, 1.54) is 18.6 Å². The van der Waals surface area contributed by atoms with Crippen LogP contribution >= 0.6 is 0 Å². The van der Waals surface area contributed by atoms with Gasteiger partial charge < -0.3 is 15.0 Å². The number of ether oxygens (including phenoxy) is 1. The van der Waals surface area contributed by atoms with Gasteiger partial charge in [-0.1, -0.05) is 26.2 Å². The number of nitrogens with zero attached hydrogens (tertiary/aromatic N) is 3. The molecule has 2 amide bonds. The molecule has 0 saturated heterocycles. The smallest absolute Gasteiger partial charge is 0.274 e. The minimum absolute atomic E-state index is 0.0541. The lowest BCUT2D eigenvalue weighted by molar-refractivity contribution is -0.121. The van der Waals surface area contributed by atoms with Gasteiger partial charge in [-0.25, -0.2) is 4.98 Å². The van der Waals surface area contributed by atoms with Crippen LogP contribution in [0.5, 0.6) is 0 Å². The van der Waals surface area contributed by atoms with Crippen LogP contribution in [0.2, 0.25) is 0 Å². The van der Waals surface area contributed by atoms with Crippen molar-refractivity contribution < 1.29 is 14.3 Å². The molecule has 25 heavy (non-hydrogen) atoms. The van der Waals surface area contributed by atoms with E-state index in [-0.39, 0.29) is 18.2 Å². The molecule has 0 fully saturated rings. The number of rotatable bonds is 13.